The van der Waals surface area contributed by atoms with Crippen LogP contribution in [0.3, 0.4) is 0 Å². The summed E-state index contributed by atoms with van der Waals surface area (Å²) in [5, 5.41) is 13.7. The Kier molecular flexibility index (Phi) is 8.70. The molecule has 2 aliphatic rings. The summed E-state index contributed by atoms with van der Waals surface area (Å²) in [5.74, 6) is 0. The number of hydrogen-bond acceptors (Lipinski definition) is 6. The van der Waals surface area contributed by atoms with Gasteiger partial charge in [-0.25, -0.2) is 4.98 Å². The minimum absolute atomic E-state index is 0. The van der Waals surface area contributed by atoms with Crippen LogP contribution in [0.2, 0.25) is 0 Å². The Hall–Kier alpha value is -0.730. The van der Waals surface area contributed by atoms with Crippen LogP contribution in [0.25, 0.3) is 11.3 Å². The highest BCUT2D eigenvalue weighted by atomic mass is 35.5. The number of piperidine rings is 1. The maximum Gasteiger partial charge on any atom is 0.107 e. The summed E-state index contributed by atoms with van der Waals surface area (Å²) in [6.07, 6.45) is 2.68. The molecule has 8 heteroatoms. The summed E-state index contributed by atoms with van der Waals surface area (Å²) in [4.78, 5) is 7.25. The molecule has 2 aromatic rings. The smallest absolute Gasteiger partial charge is 0.107 e. The number of ether oxygens (including phenoxy) is 1. The number of thiazole rings is 1. The van der Waals surface area contributed by atoms with Crippen LogP contribution in [0.4, 0.5) is 0 Å². The monoisotopic (exact) mass is 445 g/mol. The Bertz CT molecular complexity index is 723. The molecular formula is C20H29Cl2N3O2S. The molecular weight excluding hydrogens is 417 g/mol. The summed E-state index contributed by atoms with van der Waals surface area (Å²) in [5.41, 5.74) is 7.74. The number of likely N-dealkylation sites (tertiary alicyclic amines) is 1. The molecule has 1 spiro atoms. The summed E-state index contributed by atoms with van der Waals surface area (Å²) in [6, 6.07) is 10.3. The van der Waals surface area contributed by atoms with Crippen molar-refractivity contribution in [3.63, 3.8) is 0 Å². The van der Waals surface area contributed by atoms with Crippen molar-refractivity contribution >= 4 is 36.2 Å². The second-order valence-corrected chi connectivity index (χ2v) is 8.34. The number of aliphatic hydroxyl groups excluding tert-OH is 1. The van der Waals surface area contributed by atoms with Gasteiger partial charge >= 0.3 is 0 Å². The molecule has 1 saturated carbocycles. The lowest BCUT2D eigenvalue weighted by atomic mass is 9.58. The van der Waals surface area contributed by atoms with E-state index in [9.17, 15) is 5.11 Å². The number of halogens is 2. The van der Waals surface area contributed by atoms with Crippen molar-refractivity contribution in [3.8, 4) is 11.3 Å². The first-order valence-corrected chi connectivity index (χ1v) is 10.3. The molecule has 2 fully saturated rings. The van der Waals surface area contributed by atoms with Gasteiger partial charge in [0.15, 0.2) is 0 Å². The molecule has 2 atom stereocenters. The fraction of sp³-hybridized carbons (Fsp3) is 0.550. The Morgan fingerprint density at radius 2 is 1.93 bits per heavy atom. The second kappa shape index (κ2) is 10.3. The van der Waals surface area contributed by atoms with E-state index in [-0.39, 0.29) is 42.4 Å². The average Bonchev–Trinajstić information content (AvgIpc) is 3.15. The molecule has 1 aliphatic heterocycles. The largest absolute Gasteiger partial charge is 0.392 e. The topological polar surface area (TPSA) is 71.6 Å². The van der Waals surface area contributed by atoms with Gasteiger partial charge in [-0.05, 0) is 25.9 Å². The van der Waals surface area contributed by atoms with E-state index < -0.39 is 0 Å². The molecule has 28 heavy (non-hydrogen) atoms. The Balaban J connectivity index is 0.00000140. The van der Waals surface area contributed by atoms with Crippen LogP contribution in [0.5, 0.6) is 0 Å². The Labute approximate surface area is 183 Å². The van der Waals surface area contributed by atoms with Crippen molar-refractivity contribution in [1.82, 2.24) is 9.88 Å². The van der Waals surface area contributed by atoms with Crippen LogP contribution in [0, 0.1) is 5.41 Å². The molecule has 2 heterocycles. The van der Waals surface area contributed by atoms with Gasteiger partial charge < -0.3 is 15.6 Å². The number of aromatic nitrogens is 1. The molecule has 1 aromatic heterocycles. The first-order valence-electron chi connectivity index (χ1n) is 9.43. The number of rotatable bonds is 6. The maximum absolute atomic E-state index is 10.4. The lowest BCUT2D eigenvalue weighted by Crippen LogP contribution is -2.62. The summed E-state index contributed by atoms with van der Waals surface area (Å²) in [7, 11) is 0. The van der Waals surface area contributed by atoms with Crippen molar-refractivity contribution < 1.29 is 9.84 Å². The Morgan fingerprint density at radius 1 is 1.21 bits per heavy atom. The summed E-state index contributed by atoms with van der Waals surface area (Å²) in [6.45, 7) is 3.99. The first-order chi connectivity index (χ1) is 12.7. The van der Waals surface area contributed by atoms with E-state index >= 15 is 0 Å². The quantitative estimate of drug-likeness (QED) is 0.712. The minimum atomic E-state index is -0.225. The third-order valence-corrected chi connectivity index (χ3v) is 6.78. The number of aliphatic hydroxyl groups is 1. The number of nitrogens with two attached hydrogens (primary N) is 1. The van der Waals surface area contributed by atoms with Crippen molar-refractivity contribution in [3.05, 3.63) is 40.7 Å². The Morgan fingerprint density at radius 3 is 2.57 bits per heavy atom. The predicted octanol–water partition coefficient (Wildman–Crippen LogP) is 3.34. The fourth-order valence-corrected chi connectivity index (χ4v) is 5.11. The SMILES string of the molecule is Cl.Cl.NCCO[C@H]1C[C@@H](O)C12CCN(Cc1nc(-c3ccccc3)cs1)CC2. The fourth-order valence-electron chi connectivity index (χ4n) is 4.27. The molecule has 1 aromatic carbocycles. The van der Waals surface area contributed by atoms with Crippen molar-refractivity contribution in [2.45, 2.75) is 38.0 Å². The lowest BCUT2D eigenvalue weighted by Gasteiger charge is -2.56. The number of benzene rings is 1. The molecule has 0 radical (unpaired) electrons. The van der Waals surface area contributed by atoms with Crippen LogP contribution in [-0.4, -0.2) is 53.4 Å². The van der Waals surface area contributed by atoms with Gasteiger partial charge in [0.25, 0.3) is 0 Å². The van der Waals surface area contributed by atoms with E-state index in [4.69, 9.17) is 15.5 Å². The zero-order valence-electron chi connectivity index (χ0n) is 15.8. The van der Waals surface area contributed by atoms with Crippen LogP contribution in [-0.2, 0) is 11.3 Å². The molecule has 0 bridgehead atoms. The van der Waals surface area contributed by atoms with Gasteiger partial charge in [-0.1, -0.05) is 30.3 Å². The van der Waals surface area contributed by atoms with Gasteiger partial charge in [0.05, 0.1) is 31.1 Å². The third kappa shape index (κ3) is 4.70. The van der Waals surface area contributed by atoms with E-state index in [1.807, 2.05) is 18.2 Å². The van der Waals surface area contributed by atoms with Gasteiger partial charge in [-0.15, -0.1) is 36.2 Å². The van der Waals surface area contributed by atoms with Gasteiger partial charge in [0, 0.05) is 29.3 Å². The van der Waals surface area contributed by atoms with E-state index in [1.54, 1.807) is 11.3 Å². The van der Waals surface area contributed by atoms with Crippen LogP contribution < -0.4 is 5.73 Å². The minimum Gasteiger partial charge on any atom is -0.392 e. The van der Waals surface area contributed by atoms with Crippen LogP contribution >= 0.6 is 36.2 Å². The molecule has 0 amide bonds. The van der Waals surface area contributed by atoms with Crippen molar-refractivity contribution in [1.29, 1.82) is 0 Å². The molecule has 4 rings (SSSR count). The van der Waals surface area contributed by atoms with E-state index in [0.717, 1.165) is 49.6 Å². The standard InChI is InChI=1S/C20H27N3O2S.2ClH/c21-8-11-25-18-12-17(24)20(18)6-9-23(10-7-20)13-19-22-16(14-26-19)15-4-2-1-3-5-15;;/h1-5,14,17-18,24H,6-13,21H2;2*1H/t17-,18+;;/m1../s1. The average molecular weight is 446 g/mol. The predicted molar refractivity (Wildman–Crippen MR) is 118 cm³/mol. The van der Waals surface area contributed by atoms with E-state index in [1.165, 1.54) is 5.56 Å². The lowest BCUT2D eigenvalue weighted by molar-refractivity contribution is -0.210. The van der Waals surface area contributed by atoms with Crippen molar-refractivity contribution in [2.24, 2.45) is 11.1 Å². The number of hydrogen-bond donors (Lipinski definition) is 2. The number of nitrogens with zero attached hydrogens (tertiary/aromatic N) is 2. The maximum atomic E-state index is 10.4. The zero-order valence-corrected chi connectivity index (χ0v) is 18.3. The zero-order chi connectivity index (χ0) is 18.0. The second-order valence-electron chi connectivity index (χ2n) is 7.40. The van der Waals surface area contributed by atoms with E-state index in [2.05, 4.69) is 22.4 Å². The molecule has 3 N–H and O–H groups in total. The molecule has 1 aliphatic carbocycles. The van der Waals surface area contributed by atoms with Crippen LogP contribution in [0.15, 0.2) is 35.7 Å². The highest BCUT2D eigenvalue weighted by Crippen LogP contribution is 2.51. The van der Waals surface area contributed by atoms with Crippen LogP contribution in [0.1, 0.15) is 24.3 Å². The molecule has 1 saturated heterocycles. The summed E-state index contributed by atoms with van der Waals surface area (Å²) < 4.78 is 5.88. The molecule has 5 nitrogen and oxygen atoms in total. The van der Waals surface area contributed by atoms with E-state index in [0.29, 0.717) is 13.2 Å². The van der Waals surface area contributed by atoms with Gasteiger partial charge in [-0.3, -0.25) is 4.90 Å². The first kappa shape index (κ1) is 23.5. The highest BCUT2D eigenvalue weighted by Gasteiger charge is 2.56. The third-order valence-electron chi connectivity index (χ3n) is 5.95. The normalized spacial score (nSPS) is 23.5. The molecule has 0 unspecified atom stereocenters. The van der Waals surface area contributed by atoms with Gasteiger partial charge in [0.1, 0.15) is 5.01 Å². The highest BCUT2D eigenvalue weighted by molar-refractivity contribution is 7.09. The van der Waals surface area contributed by atoms with Gasteiger partial charge in [0.2, 0.25) is 0 Å². The van der Waals surface area contributed by atoms with Gasteiger partial charge in [-0.2, -0.15) is 0 Å². The van der Waals surface area contributed by atoms with Crippen molar-refractivity contribution in [2.75, 3.05) is 26.2 Å². The molecule has 156 valence electrons. The summed E-state index contributed by atoms with van der Waals surface area (Å²) >= 11 is 1.73.